The van der Waals surface area contributed by atoms with Crippen molar-refractivity contribution in [1.82, 2.24) is 4.72 Å². The lowest BCUT2D eigenvalue weighted by Gasteiger charge is -2.11. The smallest absolute Gasteiger partial charge is 0.240 e. The molecule has 0 radical (unpaired) electrons. The first-order valence-corrected chi connectivity index (χ1v) is 7.77. The number of benzene rings is 1. The average Bonchev–Trinajstić information content (AvgIpc) is 2.29. The van der Waals surface area contributed by atoms with Crippen LogP contribution in [0.2, 0.25) is 0 Å². The van der Waals surface area contributed by atoms with Gasteiger partial charge < -0.3 is 5.73 Å². The van der Waals surface area contributed by atoms with Gasteiger partial charge in [-0.2, -0.15) is 0 Å². The molecular formula is C13H21FN2O2S. The Kier molecular flexibility index (Phi) is 5.31. The largest absolute Gasteiger partial charge is 0.396 e. The van der Waals surface area contributed by atoms with Crippen LogP contribution in [-0.4, -0.2) is 15.0 Å². The summed E-state index contributed by atoms with van der Waals surface area (Å²) >= 11 is 0. The van der Waals surface area contributed by atoms with Crippen molar-refractivity contribution in [2.75, 3.05) is 12.3 Å². The molecular weight excluding hydrogens is 267 g/mol. The third-order valence-corrected chi connectivity index (χ3v) is 4.44. The van der Waals surface area contributed by atoms with Gasteiger partial charge >= 0.3 is 0 Å². The number of halogens is 1. The third kappa shape index (κ3) is 4.47. The molecule has 108 valence electrons. The van der Waals surface area contributed by atoms with Gasteiger partial charge in [-0.05, 0) is 43.4 Å². The summed E-state index contributed by atoms with van der Waals surface area (Å²) in [5.41, 5.74) is 5.60. The highest BCUT2D eigenvalue weighted by Crippen LogP contribution is 2.21. The van der Waals surface area contributed by atoms with Gasteiger partial charge in [-0.3, -0.25) is 0 Å². The van der Waals surface area contributed by atoms with E-state index in [-0.39, 0.29) is 10.6 Å². The lowest BCUT2D eigenvalue weighted by Crippen LogP contribution is -2.26. The van der Waals surface area contributed by atoms with Crippen molar-refractivity contribution in [2.24, 2.45) is 5.92 Å². The normalized spacial score (nSPS) is 12.1. The molecule has 3 N–H and O–H groups in total. The van der Waals surface area contributed by atoms with Crippen LogP contribution in [0.25, 0.3) is 0 Å². The van der Waals surface area contributed by atoms with Gasteiger partial charge in [0.2, 0.25) is 10.0 Å². The zero-order valence-electron chi connectivity index (χ0n) is 11.5. The number of sulfonamides is 1. The third-order valence-electron chi connectivity index (χ3n) is 2.83. The summed E-state index contributed by atoms with van der Waals surface area (Å²) in [5.74, 6) is -0.0658. The molecule has 0 aliphatic heterocycles. The fourth-order valence-corrected chi connectivity index (χ4v) is 3.09. The summed E-state index contributed by atoms with van der Waals surface area (Å²) in [6.45, 7) is 6.08. The predicted octanol–water partition coefficient (Wildman–Crippen LogP) is 2.43. The Morgan fingerprint density at radius 3 is 2.58 bits per heavy atom. The van der Waals surface area contributed by atoms with Crippen molar-refractivity contribution < 1.29 is 12.8 Å². The Balaban J connectivity index is 2.80. The minimum Gasteiger partial charge on any atom is -0.396 e. The Hall–Kier alpha value is -1.14. The highest BCUT2D eigenvalue weighted by Gasteiger charge is 2.18. The molecule has 1 rings (SSSR count). The second-order valence-corrected chi connectivity index (χ2v) is 6.81. The van der Waals surface area contributed by atoms with Crippen molar-refractivity contribution in [3.63, 3.8) is 0 Å². The van der Waals surface area contributed by atoms with E-state index in [2.05, 4.69) is 18.6 Å². The zero-order chi connectivity index (χ0) is 14.6. The molecule has 0 saturated heterocycles. The Bertz CT molecular complexity index is 542. The number of nitrogens with one attached hydrogen (secondary N) is 1. The molecule has 0 unspecified atom stereocenters. The second-order valence-electron chi connectivity index (χ2n) is 5.07. The fraction of sp³-hybridized carbons (Fsp3) is 0.538. The molecule has 0 saturated carbocycles. The maximum Gasteiger partial charge on any atom is 0.240 e. The molecule has 6 heteroatoms. The highest BCUT2D eigenvalue weighted by molar-refractivity contribution is 7.89. The first-order valence-electron chi connectivity index (χ1n) is 6.29. The summed E-state index contributed by atoms with van der Waals surface area (Å²) in [6, 6.07) is 2.30. The number of rotatable bonds is 6. The van der Waals surface area contributed by atoms with E-state index in [1.807, 2.05) is 0 Å². The van der Waals surface area contributed by atoms with Gasteiger partial charge in [-0.1, -0.05) is 13.8 Å². The molecule has 0 aliphatic carbocycles. The molecule has 0 heterocycles. The Morgan fingerprint density at radius 1 is 1.37 bits per heavy atom. The molecule has 4 nitrogen and oxygen atoms in total. The zero-order valence-corrected chi connectivity index (χ0v) is 12.3. The van der Waals surface area contributed by atoms with E-state index in [0.29, 0.717) is 18.0 Å². The molecule has 0 amide bonds. The van der Waals surface area contributed by atoms with Crippen molar-refractivity contribution in [3.05, 3.63) is 23.5 Å². The SMILES string of the molecule is Cc1cc(F)c(N)cc1S(=O)(=O)NCCCC(C)C. The summed E-state index contributed by atoms with van der Waals surface area (Å²) in [6.07, 6.45) is 1.72. The molecule has 0 fully saturated rings. The standard InChI is InChI=1S/C13H21FN2O2S/c1-9(2)5-4-6-16-19(17,18)13-8-12(15)11(14)7-10(13)3/h7-9,16H,4-6,15H2,1-3H3. The topological polar surface area (TPSA) is 72.2 Å². The van der Waals surface area contributed by atoms with Crippen LogP contribution in [0.3, 0.4) is 0 Å². The predicted molar refractivity (Wildman–Crippen MR) is 74.8 cm³/mol. The van der Waals surface area contributed by atoms with Crippen LogP contribution in [0, 0.1) is 18.7 Å². The highest BCUT2D eigenvalue weighted by atomic mass is 32.2. The van der Waals surface area contributed by atoms with Crippen molar-refractivity contribution in [1.29, 1.82) is 0 Å². The molecule has 0 aliphatic rings. The first-order chi connectivity index (χ1) is 8.74. The van der Waals surface area contributed by atoms with Gasteiger partial charge in [0.15, 0.2) is 0 Å². The summed E-state index contributed by atoms with van der Waals surface area (Å²) < 4.78 is 39.9. The molecule has 0 spiro atoms. The van der Waals surface area contributed by atoms with Crippen LogP contribution in [0.5, 0.6) is 0 Å². The monoisotopic (exact) mass is 288 g/mol. The van der Waals surface area contributed by atoms with Gasteiger partial charge in [-0.15, -0.1) is 0 Å². The summed E-state index contributed by atoms with van der Waals surface area (Å²) in [5, 5.41) is 0. The number of nitrogens with two attached hydrogens (primary N) is 1. The quantitative estimate of drug-likeness (QED) is 0.624. The van der Waals surface area contributed by atoms with Gasteiger partial charge in [0.25, 0.3) is 0 Å². The summed E-state index contributed by atoms with van der Waals surface area (Å²) in [4.78, 5) is 0.0379. The van der Waals surface area contributed by atoms with E-state index in [1.54, 1.807) is 6.92 Å². The van der Waals surface area contributed by atoms with E-state index >= 15 is 0 Å². The number of hydrogen-bond acceptors (Lipinski definition) is 3. The Labute approximate surface area is 114 Å². The van der Waals surface area contributed by atoms with Crippen molar-refractivity contribution >= 4 is 15.7 Å². The van der Waals surface area contributed by atoms with E-state index in [9.17, 15) is 12.8 Å². The van der Waals surface area contributed by atoms with Crippen LogP contribution in [0.4, 0.5) is 10.1 Å². The minimum atomic E-state index is -3.62. The van der Waals surface area contributed by atoms with Crippen LogP contribution >= 0.6 is 0 Å². The van der Waals surface area contributed by atoms with Gasteiger partial charge in [-0.25, -0.2) is 17.5 Å². The van der Waals surface area contributed by atoms with E-state index in [4.69, 9.17) is 5.73 Å². The molecule has 1 aromatic rings. The Morgan fingerprint density at radius 2 is 2.00 bits per heavy atom. The van der Waals surface area contributed by atoms with Gasteiger partial charge in [0, 0.05) is 6.54 Å². The first kappa shape index (κ1) is 15.9. The molecule has 19 heavy (non-hydrogen) atoms. The maximum atomic E-state index is 13.2. The molecule has 0 aromatic heterocycles. The van der Waals surface area contributed by atoms with Crippen LogP contribution in [0.1, 0.15) is 32.3 Å². The lowest BCUT2D eigenvalue weighted by atomic mass is 10.1. The van der Waals surface area contributed by atoms with E-state index in [0.717, 1.165) is 25.0 Å². The number of hydrogen-bond donors (Lipinski definition) is 2. The average molecular weight is 288 g/mol. The maximum absolute atomic E-state index is 13.2. The molecule has 0 bridgehead atoms. The van der Waals surface area contributed by atoms with E-state index < -0.39 is 15.8 Å². The van der Waals surface area contributed by atoms with Crippen molar-refractivity contribution in [2.45, 2.75) is 38.5 Å². The van der Waals surface area contributed by atoms with E-state index in [1.165, 1.54) is 0 Å². The van der Waals surface area contributed by atoms with Gasteiger partial charge in [0.1, 0.15) is 5.82 Å². The number of aryl methyl sites for hydroxylation is 1. The fourth-order valence-electron chi connectivity index (χ4n) is 1.75. The van der Waals surface area contributed by atoms with Crippen LogP contribution < -0.4 is 10.5 Å². The summed E-state index contributed by atoms with van der Waals surface area (Å²) in [7, 11) is -3.62. The number of nitrogen functional groups attached to an aromatic ring is 1. The minimum absolute atomic E-state index is 0.0379. The molecule has 1 aromatic carbocycles. The van der Waals surface area contributed by atoms with Gasteiger partial charge in [0.05, 0.1) is 10.6 Å². The van der Waals surface area contributed by atoms with Crippen LogP contribution in [0.15, 0.2) is 17.0 Å². The molecule has 0 atom stereocenters. The lowest BCUT2D eigenvalue weighted by molar-refractivity contribution is 0.539. The number of anilines is 1. The van der Waals surface area contributed by atoms with Crippen LogP contribution in [-0.2, 0) is 10.0 Å². The second kappa shape index (κ2) is 6.34. The van der Waals surface area contributed by atoms with Crippen molar-refractivity contribution in [3.8, 4) is 0 Å².